The number of rotatable bonds is 19. The summed E-state index contributed by atoms with van der Waals surface area (Å²) in [6.07, 6.45) is 4.05. The highest BCUT2D eigenvalue weighted by Gasteiger charge is 2.13. The van der Waals surface area contributed by atoms with Crippen LogP contribution in [0.15, 0.2) is 86.0 Å². The number of hydrogen-bond donors (Lipinski definition) is 1. The molecule has 2 aromatic rings. The Balaban J connectivity index is 0.000000397. The van der Waals surface area contributed by atoms with Gasteiger partial charge in [0.05, 0.1) is 45.2 Å². The van der Waals surface area contributed by atoms with Gasteiger partial charge in [0.25, 0.3) is 0 Å². The van der Waals surface area contributed by atoms with Gasteiger partial charge < -0.3 is 28.8 Å². The van der Waals surface area contributed by atoms with Crippen molar-refractivity contribution >= 4 is 0 Å². The Morgan fingerprint density at radius 2 is 1.19 bits per heavy atom. The number of aliphatic hydroxyl groups is 1. The lowest BCUT2D eigenvalue weighted by molar-refractivity contribution is -0.180. The van der Waals surface area contributed by atoms with Crippen LogP contribution in [0.1, 0.15) is 37.8 Å². The monoisotopic (exact) mass is 500 g/mol. The van der Waals surface area contributed by atoms with Crippen LogP contribution in [0.4, 0.5) is 0 Å². The lowest BCUT2D eigenvalue weighted by Gasteiger charge is -2.21. The number of ether oxygens (including phenoxy) is 5. The van der Waals surface area contributed by atoms with E-state index < -0.39 is 6.10 Å². The maximum Gasteiger partial charge on any atom is 0.180 e. The fourth-order valence-corrected chi connectivity index (χ4v) is 3.13. The van der Waals surface area contributed by atoms with Crippen molar-refractivity contribution in [2.75, 3.05) is 33.0 Å². The molecule has 6 heteroatoms. The quantitative estimate of drug-likeness (QED) is 0.197. The van der Waals surface area contributed by atoms with Crippen LogP contribution >= 0.6 is 0 Å². The second-order valence-corrected chi connectivity index (χ2v) is 8.00. The number of aliphatic hydroxyl groups excluding tert-OH is 1. The molecule has 0 radical (unpaired) electrons. The fourth-order valence-electron chi connectivity index (χ4n) is 3.13. The zero-order chi connectivity index (χ0) is 26.3. The first-order chi connectivity index (χ1) is 17.6. The standard InChI is InChI=1S/C18H28O4.C12H16O2/c1-4-10-17(22-15-18(20-5-2)21-6-3)14-19-13-16-11-8-7-9-12-16;1-2-6-12(13)10-14-9-11-7-4-3-5-8-11/h4,7-9,11-12,17-18H,1,5-6,10,13-15H2,2-3H3;2-5,7-8,12-13H,1,6,9-10H2/t17-;12-/m11/s1. The van der Waals surface area contributed by atoms with Crippen LogP contribution in [0.25, 0.3) is 0 Å². The minimum absolute atomic E-state index is 0.0374. The predicted octanol–water partition coefficient (Wildman–Crippen LogP) is 5.70. The molecule has 0 aromatic heterocycles. The van der Waals surface area contributed by atoms with Gasteiger partial charge in [-0.15, -0.1) is 13.2 Å². The molecule has 200 valence electrons. The molecule has 2 aromatic carbocycles. The molecule has 6 nitrogen and oxygen atoms in total. The Morgan fingerprint density at radius 3 is 1.67 bits per heavy atom. The van der Waals surface area contributed by atoms with Crippen molar-refractivity contribution in [1.29, 1.82) is 0 Å². The highest BCUT2D eigenvalue weighted by Crippen LogP contribution is 2.07. The third-order valence-electron chi connectivity index (χ3n) is 4.88. The van der Waals surface area contributed by atoms with Crippen molar-refractivity contribution in [1.82, 2.24) is 0 Å². The van der Waals surface area contributed by atoms with Gasteiger partial charge in [0.2, 0.25) is 0 Å². The van der Waals surface area contributed by atoms with Gasteiger partial charge >= 0.3 is 0 Å². The molecule has 0 fully saturated rings. The Bertz CT molecular complexity index is 762. The summed E-state index contributed by atoms with van der Waals surface area (Å²) in [7, 11) is 0. The molecule has 0 unspecified atom stereocenters. The first kappa shape index (κ1) is 31.7. The van der Waals surface area contributed by atoms with Gasteiger partial charge in [0.15, 0.2) is 6.29 Å². The summed E-state index contributed by atoms with van der Waals surface area (Å²) in [6, 6.07) is 20.0. The predicted molar refractivity (Wildman–Crippen MR) is 145 cm³/mol. The highest BCUT2D eigenvalue weighted by molar-refractivity contribution is 5.14. The van der Waals surface area contributed by atoms with E-state index in [9.17, 15) is 5.11 Å². The molecule has 0 spiro atoms. The molecule has 2 atom stereocenters. The first-order valence-electron chi connectivity index (χ1n) is 12.6. The summed E-state index contributed by atoms with van der Waals surface area (Å²) in [5, 5.41) is 9.33. The molecule has 0 heterocycles. The van der Waals surface area contributed by atoms with E-state index >= 15 is 0 Å². The first-order valence-corrected chi connectivity index (χ1v) is 12.6. The summed E-state index contributed by atoms with van der Waals surface area (Å²) < 4.78 is 27.9. The molecule has 0 aliphatic heterocycles. The minimum Gasteiger partial charge on any atom is -0.390 e. The van der Waals surface area contributed by atoms with Gasteiger partial charge in [0, 0.05) is 13.2 Å². The summed E-state index contributed by atoms with van der Waals surface area (Å²) >= 11 is 0. The molecular weight excluding hydrogens is 456 g/mol. The molecule has 0 saturated heterocycles. The minimum atomic E-state index is -0.434. The van der Waals surface area contributed by atoms with E-state index in [1.54, 1.807) is 6.08 Å². The van der Waals surface area contributed by atoms with Crippen LogP contribution in [-0.2, 0) is 36.9 Å². The van der Waals surface area contributed by atoms with Crippen molar-refractivity contribution in [3.8, 4) is 0 Å². The van der Waals surface area contributed by atoms with E-state index in [0.29, 0.717) is 52.7 Å². The molecule has 36 heavy (non-hydrogen) atoms. The Hall–Kier alpha value is -2.32. The van der Waals surface area contributed by atoms with Gasteiger partial charge in [-0.05, 0) is 37.8 Å². The number of benzene rings is 2. The largest absolute Gasteiger partial charge is 0.390 e. The van der Waals surface area contributed by atoms with Crippen molar-refractivity contribution in [2.45, 2.75) is 58.4 Å². The maximum absolute atomic E-state index is 9.33. The Morgan fingerprint density at radius 1 is 0.694 bits per heavy atom. The fraction of sp³-hybridized carbons (Fsp3) is 0.467. The number of hydrogen-bond acceptors (Lipinski definition) is 6. The van der Waals surface area contributed by atoms with Crippen LogP contribution in [0.5, 0.6) is 0 Å². The van der Waals surface area contributed by atoms with E-state index in [2.05, 4.69) is 13.2 Å². The van der Waals surface area contributed by atoms with Crippen LogP contribution in [0.3, 0.4) is 0 Å². The van der Waals surface area contributed by atoms with Crippen molar-refractivity contribution in [2.24, 2.45) is 0 Å². The van der Waals surface area contributed by atoms with Crippen LogP contribution in [-0.4, -0.2) is 56.6 Å². The van der Waals surface area contributed by atoms with Crippen molar-refractivity contribution in [3.63, 3.8) is 0 Å². The average Bonchev–Trinajstić information content (AvgIpc) is 2.89. The van der Waals surface area contributed by atoms with Crippen LogP contribution in [0, 0.1) is 0 Å². The molecule has 0 saturated carbocycles. The molecular formula is C30H44O6. The topological polar surface area (TPSA) is 66.4 Å². The van der Waals surface area contributed by atoms with E-state index in [1.807, 2.05) is 80.6 Å². The maximum atomic E-state index is 9.33. The SMILES string of the molecule is C=CC[C@@H](O)COCc1ccccc1.C=CC[C@H](COCc1ccccc1)OCC(OCC)OCC. The molecule has 2 rings (SSSR count). The smallest absolute Gasteiger partial charge is 0.180 e. The molecule has 0 aliphatic carbocycles. The normalized spacial score (nSPS) is 12.4. The summed E-state index contributed by atoms with van der Waals surface area (Å²) in [6.45, 7) is 14.8. The van der Waals surface area contributed by atoms with E-state index in [-0.39, 0.29) is 12.4 Å². The van der Waals surface area contributed by atoms with Gasteiger partial charge in [-0.1, -0.05) is 72.8 Å². The Labute approximate surface area is 217 Å². The van der Waals surface area contributed by atoms with Gasteiger partial charge in [0.1, 0.15) is 0 Å². The molecule has 0 amide bonds. The van der Waals surface area contributed by atoms with Crippen LogP contribution in [0.2, 0.25) is 0 Å². The molecule has 1 N–H and O–H groups in total. The lowest BCUT2D eigenvalue weighted by Crippen LogP contribution is -2.29. The zero-order valence-electron chi connectivity index (χ0n) is 21.9. The lowest BCUT2D eigenvalue weighted by atomic mass is 10.2. The third kappa shape index (κ3) is 16.4. The van der Waals surface area contributed by atoms with Crippen LogP contribution < -0.4 is 0 Å². The summed E-state index contributed by atoms with van der Waals surface area (Å²) in [5.74, 6) is 0. The van der Waals surface area contributed by atoms with E-state index in [4.69, 9.17) is 23.7 Å². The third-order valence-corrected chi connectivity index (χ3v) is 4.88. The van der Waals surface area contributed by atoms with Crippen molar-refractivity contribution in [3.05, 3.63) is 97.1 Å². The average molecular weight is 501 g/mol. The molecule has 0 aliphatic rings. The summed E-state index contributed by atoms with van der Waals surface area (Å²) in [4.78, 5) is 0. The zero-order valence-corrected chi connectivity index (χ0v) is 21.9. The van der Waals surface area contributed by atoms with Gasteiger partial charge in [-0.3, -0.25) is 0 Å². The Kier molecular flexibility index (Phi) is 19.3. The second-order valence-electron chi connectivity index (χ2n) is 8.00. The van der Waals surface area contributed by atoms with Crippen molar-refractivity contribution < 1.29 is 28.8 Å². The second kappa shape index (κ2) is 21.9. The van der Waals surface area contributed by atoms with E-state index in [1.165, 1.54) is 0 Å². The van der Waals surface area contributed by atoms with E-state index in [0.717, 1.165) is 17.5 Å². The molecule has 0 bridgehead atoms. The highest BCUT2D eigenvalue weighted by atomic mass is 16.7. The summed E-state index contributed by atoms with van der Waals surface area (Å²) in [5.41, 5.74) is 2.28. The van der Waals surface area contributed by atoms with Gasteiger partial charge in [-0.25, -0.2) is 0 Å². The van der Waals surface area contributed by atoms with Gasteiger partial charge in [-0.2, -0.15) is 0 Å².